The number of ether oxygens (including phenoxy) is 1. The number of nitrogens with one attached hydrogen (secondary N) is 1. The van der Waals surface area contributed by atoms with Crippen LogP contribution in [0.5, 0.6) is 5.75 Å². The van der Waals surface area contributed by atoms with Gasteiger partial charge in [-0.05, 0) is 18.6 Å². The van der Waals surface area contributed by atoms with E-state index in [-0.39, 0.29) is 18.0 Å². The quantitative estimate of drug-likeness (QED) is 0.773. The van der Waals surface area contributed by atoms with Crippen molar-refractivity contribution in [3.8, 4) is 5.75 Å². The van der Waals surface area contributed by atoms with Gasteiger partial charge in [-0.15, -0.1) is 0 Å². The van der Waals surface area contributed by atoms with Crippen molar-refractivity contribution in [1.29, 1.82) is 0 Å². The zero-order valence-electron chi connectivity index (χ0n) is 11.3. The standard InChI is InChI=1S/C14H22N2O2/c1-10(2)16-12(14(15)17)8-9-18-13-7-5-4-6-11(13)3/h4-7,10,12,16H,8-9H2,1-3H3,(H2,15,17). The van der Waals surface area contributed by atoms with Gasteiger partial charge < -0.3 is 15.8 Å². The zero-order chi connectivity index (χ0) is 13.5. The summed E-state index contributed by atoms with van der Waals surface area (Å²) in [5.74, 6) is 0.516. The van der Waals surface area contributed by atoms with Crippen molar-refractivity contribution < 1.29 is 9.53 Å². The van der Waals surface area contributed by atoms with Crippen molar-refractivity contribution in [3.05, 3.63) is 29.8 Å². The molecule has 0 radical (unpaired) electrons. The highest BCUT2D eigenvalue weighted by molar-refractivity contribution is 5.79. The third-order valence-corrected chi connectivity index (χ3v) is 2.64. The lowest BCUT2D eigenvalue weighted by Crippen LogP contribution is -2.45. The maximum absolute atomic E-state index is 11.2. The molecule has 0 spiro atoms. The minimum Gasteiger partial charge on any atom is -0.493 e. The van der Waals surface area contributed by atoms with Gasteiger partial charge in [-0.25, -0.2) is 0 Å². The molecule has 0 saturated heterocycles. The van der Waals surface area contributed by atoms with E-state index in [0.717, 1.165) is 11.3 Å². The van der Waals surface area contributed by atoms with Crippen LogP contribution in [-0.2, 0) is 4.79 Å². The van der Waals surface area contributed by atoms with Crippen molar-refractivity contribution in [3.63, 3.8) is 0 Å². The number of rotatable bonds is 7. The summed E-state index contributed by atoms with van der Waals surface area (Å²) in [6.07, 6.45) is 0.571. The molecule has 0 bridgehead atoms. The molecular weight excluding hydrogens is 228 g/mol. The number of benzene rings is 1. The number of amides is 1. The average Bonchev–Trinajstić information content (AvgIpc) is 2.29. The monoisotopic (exact) mass is 250 g/mol. The summed E-state index contributed by atoms with van der Waals surface area (Å²) in [6.45, 7) is 6.43. The van der Waals surface area contributed by atoms with E-state index in [0.29, 0.717) is 13.0 Å². The minimum absolute atomic E-state index is 0.223. The van der Waals surface area contributed by atoms with Crippen LogP contribution in [0.4, 0.5) is 0 Å². The van der Waals surface area contributed by atoms with Crippen molar-refractivity contribution in [2.24, 2.45) is 5.73 Å². The maximum Gasteiger partial charge on any atom is 0.234 e. The first kappa shape index (κ1) is 14.5. The number of primary amides is 1. The van der Waals surface area contributed by atoms with Crippen LogP contribution in [0.15, 0.2) is 24.3 Å². The summed E-state index contributed by atoms with van der Waals surface area (Å²) < 4.78 is 5.65. The lowest BCUT2D eigenvalue weighted by molar-refractivity contribution is -0.120. The van der Waals surface area contributed by atoms with Gasteiger partial charge in [-0.2, -0.15) is 0 Å². The summed E-state index contributed by atoms with van der Waals surface area (Å²) in [5, 5.41) is 3.13. The van der Waals surface area contributed by atoms with Crippen molar-refractivity contribution >= 4 is 5.91 Å². The minimum atomic E-state index is -0.339. The van der Waals surface area contributed by atoms with Gasteiger partial charge in [0.25, 0.3) is 0 Å². The first-order valence-electron chi connectivity index (χ1n) is 6.24. The second-order valence-corrected chi connectivity index (χ2v) is 4.68. The fraction of sp³-hybridized carbons (Fsp3) is 0.500. The van der Waals surface area contributed by atoms with Crippen LogP contribution in [0, 0.1) is 6.92 Å². The van der Waals surface area contributed by atoms with E-state index in [4.69, 9.17) is 10.5 Å². The predicted molar refractivity (Wildman–Crippen MR) is 72.5 cm³/mol. The molecule has 0 heterocycles. The van der Waals surface area contributed by atoms with Crippen LogP contribution in [0.2, 0.25) is 0 Å². The predicted octanol–water partition coefficient (Wildman–Crippen LogP) is 1.62. The number of aryl methyl sites for hydroxylation is 1. The molecule has 1 rings (SSSR count). The van der Waals surface area contributed by atoms with Crippen LogP contribution in [-0.4, -0.2) is 24.6 Å². The van der Waals surface area contributed by atoms with Crippen molar-refractivity contribution in [2.45, 2.75) is 39.3 Å². The van der Waals surface area contributed by atoms with Crippen LogP contribution in [0.25, 0.3) is 0 Å². The fourth-order valence-corrected chi connectivity index (χ4v) is 1.72. The highest BCUT2D eigenvalue weighted by atomic mass is 16.5. The van der Waals surface area contributed by atoms with E-state index in [1.54, 1.807) is 0 Å². The summed E-state index contributed by atoms with van der Waals surface area (Å²) >= 11 is 0. The van der Waals surface area contributed by atoms with E-state index in [1.807, 2.05) is 45.0 Å². The van der Waals surface area contributed by atoms with E-state index in [9.17, 15) is 4.79 Å². The molecule has 0 aliphatic rings. The number of hydrogen-bond acceptors (Lipinski definition) is 3. The summed E-state index contributed by atoms with van der Waals surface area (Å²) in [7, 11) is 0. The molecular formula is C14H22N2O2. The summed E-state index contributed by atoms with van der Waals surface area (Å²) in [6, 6.07) is 7.70. The van der Waals surface area contributed by atoms with Gasteiger partial charge in [0.2, 0.25) is 5.91 Å². The first-order chi connectivity index (χ1) is 8.50. The number of nitrogens with two attached hydrogens (primary N) is 1. The molecule has 0 aromatic heterocycles. The molecule has 3 N–H and O–H groups in total. The first-order valence-corrected chi connectivity index (χ1v) is 6.24. The van der Waals surface area contributed by atoms with Gasteiger partial charge in [0.1, 0.15) is 5.75 Å². The molecule has 0 aliphatic carbocycles. The molecule has 100 valence electrons. The zero-order valence-corrected chi connectivity index (χ0v) is 11.3. The third kappa shape index (κ3) is 4.75. The Morgan fingerprint density at radius 1 is 1.39 bits per heavy atom. The van der Waals surface area contributed by atoms with Crippen LogP contribution < -0.4 is 15.8 Å². The topological polar surface area (TPSA) is 64.3 Å². The number of carbonyl (C=O) groups excluding carboxylic acids is 1. The van der Waals surface area contributed by atoms with E-state index in [2.05, 4.69) is 5.32 Å². The SMILES string of the molecule is Cc1ccccc1OCCC(NC(C)C)C(N)=O. The van der Waals surface area contributed by atoms with Crippen molar-refractivity contribution in [1.82, 2.24) is 5.32 Å². The van der Waals surface area contributed by atoms with Gasteiger partial charge in [0, 0.05) is 12.5 Å². The number of para-hydroxylation sites is 1. The lowest BCUT2D eigenvalue weighted by Gasteiger charge is -2.18. The van der Waals surface area contributed by atoms with Gasteiger partial charge in [-0.3, -0.25) is 4.79 Å². The third-order valence-electron chi connectivity index (χ3n) is 2.64. The van der Waals surface area contributed by atoms with Crippen LogP contribution >= 0.6 is 0 Å². The molecule has 18 heavy (non-hydrogen) atoms. The second-order valence-electron chi connectivity index (χ2n) is 4.68. The second kappa shape index (κ2) is 7.01. The maximum atomic E-state index is 11.2. The van der Waals surface area contributed by atoms with Gasteiger partial charge in [0.15, 0.2) is 0 Å². The molecule has 1 unspecified atom stereocenters. The molecule has 0 aliphatic heterocycles. The Labute approximate surface area is 109 Å². The molecule has 1 atom stereocenters. The van der Waals surface area contributed by atoms with Crippen LogP contribution in [0.3, 0.4) is 0 Å². The Morgan fingerprint density at radius 2 is 2.06 bits per heavy atom. The van der Waals surface area contributed by atoms with Gasteiger partial charge in [0.05, 0.1) is 12.6 Å². The Morgan fingerprint density at radius 3 is 2.61 bits per heavy atom. The Balaban J connectivity index is 2.44. The Bertz CT molecular complexity index is 391. The normalized spacial score (nSPS) is 12.4. The highest BCUT2D eigenvalue weighted by Gasteiger charge is 2.15. The van der Waals surface area contributed by atoms with Crippen molar-refractivity contribution in [2.75, 3.05) is 6.61 Å². The Hall–Kier alpha value is -1.55. The molecule has 4 heteroatoms. The Kier molecular flexibility index (Phi) is 5.65. The number of carbonyl (C=O) groups is 1. The molecule has 4 nitrogen and oxygen atoms in total. The smallest absolute Gasteiger partial charge is 0.234 e. The molecule has 1 amide bonds. The van der Waals surface area contributed by atoms with Crippen LogP contribution in [0.1, 0.15) is 25.8 Å². The van der Waals surface area contributed by atoms with Gasteiger partial charge >= 0.3 is 0 Å². The number of hydrogen-bond donors (Lipinski definition) is 2. The largest absolute Gasteiger partial charge is 0.493 e. The lowest BCUT2D eigenvalue weighted by atomic mass is 10.2. The van der Waals surface area contributed by atoms with E-state index < -0.39 is 0 Å². The highest BCUT2D eigenvalue weighted by Crippen LogP contribution is 2.16. The molecule has 0 fully saturated rings. The average molecular weight is 250 g/mol. The van der Waals surface area contributed by atoms with Gasteiger partial charge in [-0.1, -0.05) is 32.0 Å². The van der Waals surface area contributed by atoms with E-state index >= 15 is 0 Å². The molecule has 0 saturated carbocycles. The summed E-state index contributed by atoms with van der Waals surface area (Å²) in [4.78, 5) is 11.2. The fourth-order valence-electron chi connectivity index (χ4n) is 1.72. The molecule has 1 aromatic carbocycles. The molecule has 1 aromatic rings. The summed E-state index contributed by atoms with van der Waals surface area (Å²) in [5.41, 5.74) is 6.43. The van der Waals surface area contributed by atoms with E-state index in [1.165, 1.54) is 0 Å².